The van der Waals surface area contributed by atoms with Gasteiger partial charge in [-0.1, -0.05) is 20.8 Å². The SMILES string of the molecule is CSCC(=O)N1CCCN1C(=O)c1cc(C(C)(C)C)nn1C. The van der Waals surface area contributed by atoms with Crippen molar-refractivity contribution in [3.8, 4) is 0 Å². The fraction of sp³-hybridized carbons (Fsp3) is 0.667. The van der Waals surface area contributed by atoms with Crippen LogP contribution in [0.25, 0.3) is 0 Å². The molecule has 2 amide bonds. The predicted octanol–water partition coefficient (Wildman–Crippen LogP) is 1.67. The molecule has 7 heteroatoms. The third-order valence-electron chi connectivity index (χ3n) is 3.69. The lowest BCUT2D eigenvalue weighted by molar-refractivity contribution is -0.137. The number of hydrogen-bond acceptors (Lipinski definition) is 4. The molecule has 0 saturated carbocycles. The summed E-state index contributed by atoms with van der Waals surface area (Å²) < 4.78 is 1.61. The van der Waals surface area contributed by atoms with Gasteiger partial charge < -0.3 is 0 Å². The number of rotatable bonds is 3. The Morgan fingerprint density at radius 3 is 2.45 bits per heavy atom. The Labute approximate surface area is 135 Å². The Morgan fingerprint density at radius 1 is 1.27 bits per heavy atom. The van der Waals surface area contributed by atoms with Crippen molar-refractivity contribution < 1.29 is 9.59 Å². The molecule has 1 fully saturated rings. The fourth-order valence-corrected chi connectivity index (χ4v) is 2.84. The molecule has 2 rings (SSSR count). The fourth-order valence-electron chi connectivity index (χ4n) is 2.45. The van der Waals surface area contributed by atoms with Gasteiger partial charge in [-0.05, 0) is 18.7 Å². The third kappa shape index (κ3) is 3.29. The summed E-state index contributed by atoms with van der Waals surface area (Å²) in [6.45, 7) is 7.37. The monoisotopic (exact) mass is 324 g/mol. The largest absolute Gasteiger partial charge is 0.290 e. The van der Waals surface area contributed by atoms with Gasteiger partial charge in [-0.2, -0.15) is 16.9 Å². The number of aromatic nitrogens is 2. The van der Waals surface area contributed by atoms with E-state index in [4.69, 9.17) is 0 Å². The Kier molecular flexibility index (Phi) is 4.84. The van der Waals surface area contributed by atoms with Crippen LogP contribution in [-0.2, 0) is 17.3 Å². The van der Waals surface area contributed by atoms with Crippen molar-refractivity contribution in [2.75, 3.05) is 25.1 Å². The molecule has 1 aromatic rings. The van der Waals surface area contributed by atoms with Crippen LogP contribution in [0.3, 0.4) is 0 Å². The van der Waals surface area contributed by atoms with Crippen LogP contribution in [-0.4, -0.2) is 56.7 Å². The van der Waals surface area contributed by atoms with Crippen LogP contribution in [0.2, 0.25) is 0 Å². The Hall–Kier alpha value is -1.50. The molecule has 2 heterocycles. The molecule has 6 nitrogen and oxygen atoms in total. The van der Waals surface area contributed by atoms with Gasteiger partial charge in [0.25, 0.3) is 11.8 Å². The summed E-state index contributed by atoms with van der Waals surface area (Å²) in [5, 5.41) is 7.57. The van der Waals surface area contributed by atoms with Gasteiger partial charge in [0.05, 0.1) is 11.4 Å². The second-order valence-electron chi connectivity index (χ2n) is 6.52. The van der Waals surface area contributed by atoms with Gasteiger partial charge in [-0.3, -0.25) is 19.3 Å². The van der Waals surface area contributed by atoms with Crippen LogP contribution in [0.4, 0.5) is 0 Å². The highest BCUT2D eigenvalue weighted by molar-refractivity contribution is 7.99. The maximum atomic E-state index is 12.8. The van der Waals surface area contributed by atoms with Gasteiger partial charge in [0.2, 0.25) is 0 Å². The number of carbonyl (C=O) groups is 2. The van der Waals surface area contributed by atoms with E-state index in [-0.39, 0.29) is 17.2 Å². The van der Waals surface area contributed by atoms with E-state index in [1.807, 2.05) is 12.3 Å². The standard InChI is InChI=1S/C15H24N4O2S/c1-15(2,3)12-9-11(17(4)16-12)14(21)19-8-6-7-18(19)13(20)10-22-5/h9H,6-8,10H2,1-5H3. The molecule has 0 atom stereocenters. The maximum absolute atomic E-state index is 12.8. The number of thioether (sulfide) groups is 1. The second kappa shape index (κ2) is 6.32. The highest BCUT2D eigenvalue weighted by atomic mass is 32.2. The zero-order chi connectivity index (χ0) is 16.5. The zero-order valence-corrected chi connectivity index (χ0v) is 14.7. The summed E-state index contributed by atoms with van der Waals surface area (Å²) in [7, 11) is 1.77. The van der Waals surface area contributed by atoms with Gasteiger partial charge in [0, 0.05) is 25.6 Å². The van der Waals surface area contributed by atoms with E-state index >= 15 is 0 Å². The van der Waals surface area contributed by atoms with Crippen LogP contribution in [0.15, 0.2) is 6.07 Å². The van der Waals surface area contributed by atoms with E-state index in [1.54, 1.807) is 21.7 Å². The van der Waals surface area contributed by atoms with Crippen molar-refractivity contribution >= 4 is 23.6 Å². The topological polar surface area (TPSA) is 58.4 Å². The van der Waals surface area contributed by atoms with Crippen molar-refractivity contribution in [1.82, 2.24) is 19.8 Å². The highest BCUT2D eigenvalue weighted by Gasteiger charge is 2.33. The number of hydrazine groups is 1. The summed E-state index contributed by atoms with van der Waals surface area (Å²) in [5.74, 6) is 0.219. The zero-order valence-electron chi connectivity index (χ0n) is 13.9. The first-order valence-corrected chi connectivity index (χ1v) is 8.80. The van der Waals surface area contributed by atoms with E-state index in [2.05, 4.69) is 25.9 Å². The van der Waals surface area contributed by atoms with Crippen molar-refractivity contribution in [3.63, 3.8) is 0 Å². The minimum atomic E-state index is -0.155. The van der Waals surface area contributed by atoms with Crippen molar-refractivity contribution in [3.05, 3.63) is 17.5 Å². The average molecular weight is 324 g/mol. The quantitative estimate of drug-likeness (QED) is 0.849. The molecule has 0 bridgehead atoms. The van der Waals surface area contributed by atoms with E-state index in [0.29, 0.717) is 24.5 Å². The van der Waals surface area contributed by atoms with E-state index in [1.165, 1.54) is 11.8 Å². The minimum absolute atomic E-state index is 0.0171. The molecule has 0 unspecified atom stereocenters. The lowest BCUT2D eigenvalue weighted by Gasteiger charge is -2.27. The first-order chi connectivity index (χ1) is 10.3. The number of nitrogens with zero attached hydrogens (tertiary/aromatic N) is 4. The Balaban J connectivity index is 2.24. The lowest BCUT2D eigenvalue weighted by atomic mass is 9.92. The molecule has 22 heavy (non-hydrogen) atoms. The smallest absolute Gasteiger partial charge is 0.272 e. The third-order valence-corrected chi connectivity index (χ3v) is 4.22. The average Bonchev–Trinajstić information content (AvgIpc) is 3.03. The molecule has 1 aliphatic rings. The molecular formula is C15H24N4O2S. The Morgan fingerprint density at radius 2 is 1.91 bits per heavy atom. The van der Waals surface area contributed by atoms with E-state index in [0.717, 1.165) is 12.1 Å². The number of amides is 2. The first-order valence-electron chi connectivity index (χ1n) is 7.41. The van der Waals surface area contributed by atoms with Gasteiger partial charge in [0.15, 0.2) is 0 Å². The van der Waals surface area contributed by atoms with Crippen LogP contribution in [0.5, 0.6) is 0 Å². The summed E-state index contributed by atoms with van der Waals surface area (Å²) in [6.07, 6.45) is 2.70. The molecule has 122 valence electrons. The van der Waals surface area contributed by atoms with Crippen molar-refractivity contribution in [1.29, 1.82) is 0 Å². The molecule has 1 aliphatic heterocycles. The number of hydrogen-bond donors (Lipinski definition) is 0. The molecule has 0 N–H and O–H groups in total. The minimum Gasteiger partial charge on any atom is -0.272 e. The van der Waals surface area contributed by atoms with E-state index in [9.17, 15) is 9.59 Å². The summed E-state index contributed by atoms with van der Waals surface area (Å²) in [6, 6.07) is 1.83. The van der Waals surface area contributed by atoms with Crippen LogP contribution in [0.1, 0.15) is 43.4 Å². The normalized spacial score (nSPS) is 15.5. The van der Waals surface area contributed by atoms with Gasteiger partial charge >= 0.3 is 0 Å². The number of aryl methyl sites for hydroxylation is 1. The predicted molar refractivity (Wildman–Crippen MR) is 87.7 cm³/mol. The second-order valence-corrected chi connectivity index (χ2v) is 7.39. The summed E-state index contributed by atoms with van der Waals surface area (Å²) >= 11 is 1.47. The Bertz CT molecular complexity index is 577. The molecule has 0 aliphatic carbocycles. The van der Waals surface area contributed by atoms with Gasteiger partial charge in [0.1, 0.15) is 5.69 Å². The van der Waals surface area contributed by atoms with Crippen LogP contribution >= 0.6 is 11.8 Å². The van der Waals surface area contributed by atoms with E-state index < -0.39 is 0 Å². The van der Waals surface area contributed by atoms with Crippen LogP contribution < -0.4 is 0 Å². The van der Waals surface area contributed by atoms with Crippen LogP contribution in [0, 0.1) is 0 Å². The van der Waals surface area contributed by atoms with Crippen molar-refractivity contribution in [2.45, 2.75) is 32.6 Å². The molecule has 0 spiro atoms. The molecule has 1 saturated heterocycles. The van der Waals surface area contributed by atoms with Gasteiger partial charge in [-0.25, -0.2) is 5.01 Å². The lowest BCUT2D eigenvalue weighted by Crippen LogP contribution is -2.46. The van der Waals surface area contributed by atoms with Gasteiger partial charge in [-0.15, -0.1) is 0 Å². The molecule has 0 aromatic carbocycles. The van der Waals surface area contributed by atoms with Crippen molar-refractivity contribution in [2.24, 2.45) is 7.05 Å². The molecular weight excluding hydrogens is 300 g/mol. The molecule has 0 radical (unpaired) electrons. The number of carbonyl (C=O) groups excluding carboxylic acids is 2. The maximum Gasteiger partial charge on any atom is 0.290 e. The highest BCUT2D eigenvalue weighted by Crippen LogP contribution is 2.23. The molecule has 1 aromatic heterocycles. The summed E-state index contributed by atoms with van der Waals surface area (Å²) in [5.41, 5.74) is 1.28. The first kappa shape index (κ1) is 16.9. The summed E-state index contributed by atoms with van der Waals surface area (Å²) in [4.78, 5) is 24.9.